The standard InChI is InChI=1S/C20H32O2/c1-7-11-21-18-10-9-15(13-16(18)20(4,5)6)12-14(3)19-17(8-2)22-19/h9-10,13-14,17,19H,7-8,11-12H2,1-6H3. The van der Waals surface area contributed by atoms with E-state index in [4.69, 9.17) is 9.47 Å². The Hall–Kier alpha value is -1.02. The molecule has 0 N–H and O–H groups in total. The van der Waals surface area contributed by atoms with Crippen molar-refractivity contribution in [2.45, 2.75) is 78.4 Å². The van der Waals surface area contributed by atoms with E-state index in [0.717, 1.165) is 31.6 Å². The number of ether oxygens (including phenoxy) is 2. The van der Waals surface area contributed by atoms with Crippen molar-refractivity contribution in [3.05, 3.63) is 29.3 Å². The summed E-state index contributed by atoms with van der Waals surface area (Å²) in [6, 6.07) is 6.72. The van der Waals surface area contributed by atoms with E-state index in [1.165, 1.54) is 11.1 Å². The van der Waals surface area contributed by atoms with Gasteiger partial charge in [0, 0.05) is 0 Å². The van der Waals surface area contributed by atoms with Crippen molar-refractivity contribution in [1.82, 2.24) is 0 Å². The van der Waals surface area contributed by atoms with Crippen LogP contribution in [0.2, 0.25) is 0 Å². The maximum Gasteiger partial charge on any atom is 0.123 e. The van der Waals surface area contributed by atoms with Gasteiger partial charge in [0.2, 0.25) is 0 Å². The molecule has 124 valence electrons. The molecule has 1 aliphatic rings. The molecule has 0 aromatic heterocycles. The van der Waals surface area contributed by atoms with Crippen LogP contribution in [0.5, 0.6) is 5.75 Å². The van der Waals surface area contributed by atoms with E-state index in [0.29, 0.717) is 18.1 Å². The van der Waals surface area contributed by atoms with Gasteiger partial charge in [0.25, 0.3) is 0 Å². The molecule has 1 saturated heterocycles. The van der Waals surface area contributed by atoms with E-state index in [2.05, 4.69) is 59.7 Å². The molecule has 0 bridgehead atoms. The van der Waals surface area contributed by atoms with E-state index in [1.807, 2.05) is 0 Å². The summed E-state index contributed by atoms with van der Waals surface area (Å²) >= 11 is 0. The predicted octanol–water partition coefficient (Wildman–Crippen LogP) is 5.13. The fourth-order valence-corrected chi connectivity index (χ4v) is 3.10. The van der Waals surface area contributed by atoms with Gasteiger partial charge in [0.15, 0.2) is 0 Å². The molecule has 3 atom stereocenters. The Morgan fingerprint density at radius 3 is 2.50 bits per heavy atom. The first-order valence-corrected chi connectivity index (χ1v) is 8.78. The molecule has 1 fully saturated rings. The van der Waals surface area contributed by atoms with Gasteiger partial charge in [0.05, 0.1) is 18.8 Å². The summed E-state index contributed by atoms with van der Waals surface area (Å²) in [7, 11) is 0. The van der Waals surface area contributed by atoms with E-state index in [1.54, 1.807) is 0 Å². The van der Waals surface area contributed by atoms with E-state index in [9.17, 15) is 0 Å². The zero-order chi connectivity index (χ0) is 16.3. The highest BCUT2D eigenvalue weighted by Crippen LogP contribution is 2.36. The highest BCUT2D eigenvalue weighted by Gasteiger charge is 2.41. The maximum atomic E-state index is 5.94. The van der Waals surface area contributed by atoms with Gasteiger partial charge >= 0.3 is 0 Å². The normalized spacial score (nSPS) is 22.5. The van der Waals surface area contributed by atoms with Crippen LogP contribution in [0.15, 0.2) is 18.2 Å². The quantitative estimate of drug-likeness (QED) is 0.651. The lowest BCUT2D eigenvalue weighted by molar-refractivity contribution is 0.308. The van der Waals surface area contributed by atoms with Gasteiger partial charge in [-0.1, -0.05) is 53.7 Å². The number of hydrogen-bond donors (Lipinski definition) is 0. The Labute approximate surface area is 136 Å². The van der Waals surface area contributed by atoms with Crippen LogP contribution in [0.25, 0.3) is 0 Å². The average Bonchev–Trinajstić information content (AvgIpc) is 3.24. The van der Waals surface area contributed by atoms with Gasteiger partial charge < -0.3 is 9.47 Å². The third-order valence-corrected chi connectivity index (χ3v) is 4.46. The van der Waals surface area contributed by atoms with Crippen LogP contribution in [0.4, 0.5) is 0 Å². The zero-order valence-electron chi connectivity index (χ0n) is 15.1. The van der Waals surface area contributed by atoms with Crippen molar-refractivity contribution >= 4 is 0 Å². The zero-order valence-corrected chi connectivity index (χ0v) is 15.1. The number of benzene rings is 1. The van der Waals surface area contributed by atoms with Crippen LogP contribution >= 0.6 is 0 Å². The van der Waals surface area contributed by atoms with Crippen LogP contribution < -0.4 is 4.74 Å². The molecular formula is C20H32O2. The molecule has 2 heteroatoms. The van der Waals surface area contributed by atoms with Crippen LogP contribution in [0, 0.1) is 5.92 Å². The largest absolute Gasteiger partial charge is 0.493 e. The summed E-state index contributed by atoms with van der Waals surface area (Å²) in [5.74, 6) is 1.63. The fourth-order valence-electron chi connectivity index (χ4n) is 3.10. The van der Waals surface area contributed by atoms with Gasteiger partial charge in [-0.2, -0.15) is 0 Å². The second kappa shape index (κ2) is 7.04. The molecule has 2 nitrogen and oxygen atoms in total. The van der Waals surface area contributed by atoms with E-state index in [-0.39, 0.29) is 5.41 Å². The molecule has 1 heterocycles. The number of epoxide rings is 1. The first-order chi connectivity index (χ1) is 10.4. The Morgan fingerprint density at radius 1 is 1.23 bits per heavy atom. The van der Waals surface area contributed by atoms with Crippen LogP contribution in [-0.2, 0) is 16.6 Å². The first kappa shape index (κ1) is 17.3. The molecule has 1 aromatic rings. The second-order valence-corrected chi connectivity index (χ2v) is 7.66. The van der Waals surface area contributed by atoms with Crippen molar-refractivity contribution in [1.29, 1.82) is 0 Å². The third kappa shape index (κ3) is 4.25. The highest BCUT2D eigenvalue weighted by molar-refractivity contribution is 5.42. The smallest absolute Gasteiger partial charge is 0.123 e. The molecule has 2 rings (SSSR count). The first-order valence-electron chi connectivity index (χ1n) is 8.78. The SMILES string of the molecule is CCCOc1ccc(CC(C)C2OC2CC)cc1C(C)(C)C. The Morgan fingerprint density at radius 2 is 1.95 bits per heavy atom. The van der Waals surface area contributed by atoms with E-state index < -0.39 is 0 Å². The lowest BCUT2D eigenvalue weighted by Crippen LogP contribution is -2.15. The van der Waals surface area contributed by atoms with E-state index >= 15 is 0 Å². The lowest BCUT2D eigenvalue weighted by atomic mass is 9.84. The molecule has 1 aliphatic heterocycles. The summed E-state index contributed by atoms with van der Waals surface area (Å²) < 4.78 is 11.7. The molecule has 3 unspecified atom stereocenters. The molecule has 1 aromatic carbocycles. The molecule has 0 saturated carbocycles. The molecule has 0 aliphatic carbocycles. The molecular weight excluding hydrogens is 272 g/mol. The van der Waals surface area contributed by atoms with Crippen molar-refractivity contribution in [2.24, 2.45) is 5.92 Å². The summed E-state index contributed by atoms with van der Waals surface area (Å²) in [5, 5.41) is 0. The summed E-state index contributed by atoms with van der Waals surface area (Å²) in [4.78, 5) is 0. The molecule has 0 amide bonds. The van der Waals surface area contributed by atoms with Crippen LogP contribution in [0.1, 0.15) is 65.5 Å². The highest BCUT2D eigenvalue weighted by atomic mass is 16.6. The Bertz CT molecular complexity index is 487. The van der Waals surface area contributed by atoms with Crippen molar-refractivity contribution < 1.29 is 9.47 Å². The number of rotatable bonds is 7. The average molecular weight is 304 g/mol. The lowest BCUT2D eigenvalue weighted by Gasteiger charge is -2.24. The van der Waals surface area contributed by atoms with Crippen LogP contribution in [-0.4, -0.2) is 18.8 Å². The number of hydrogen-bond acceptors (Lipinski definition) is 2. The maximum absolute atomic E-state index is 5.94. The van der Waals surface area contributed by atoms with Gasteiger partial charge in [0.1, 0.15) is 5.75 Å². The monoisotopic (exact) mass is 304 g/mol. The van der Waals surface area contributed by atoms with Crippen molar-refractivity contribution in [3.8, 4) is 5.75 Å². The predicted molar refractivity (Wildman–Crippen MR) is 92.7 cm³/mol. The van der Waals surface area contributed by atoms with Crippen molar-refractivity contribution in [3.63, 3.8) is 0 Å². The topological polar surface area (TPSA) is 21.8 Å². The minimum absolute atomic E-state index is 0.102. The van der Waals surface area contributed by atoms with Gasteiger partial charge in [-0.05, 0) is 47.8 Å². The summed E-state index contributed by atoms with van der Waals surface area (Å²) in [5.41, 5.74) is 2.81. The Kier molecular flexibility index (Phi) is 5.55. The van der Waals surface area contributed by atoms with Gasteiger partial charge in [-0.15, -0.1) is 0 Å². The molecule has 22 heavy (non-hydrogen) atoms. The summed E-state index contributed by atoms with van der Waals surface area (Å²) in [6.45, 7) is 14.2. The second-order valence-electron chi connectivity index (χ2n) is 7.66. The molecule has 0 spiro atoms. The summed E-state index contributed by atoms with van der Waals surface area (Å²) in [6.07, 6.45) is 4.20. The minimum atomic E-state index is 0.102. The van der Waals surface area contributed by atoms with Gasteiger partial charge in [-0.3, -0.25) is 0 Å². The van der Waals surface area contributed by atoms with Gasteiger partial charge in [-0.25, -0.2) is 0 Å². The van der Waals surface area contributed by atoms with Crippen molar-refractivity contribution in [2.75, 3.05) is 6.61 Å². The minimum Gasteiger partial charge on any atom is -0.493 e. The third-order valence-electron chi connectivity index (χ3n) is 4.46. The fraction of sp³-hybridized carbons (Fsp3) is 0.700. The Balaban J connectivity index is 2.12. The van der Waals surface area contributed by atoms with Crippen LogP contribution in [0.3, 0.4) is 0 Å². The molecule has 0 radical (unpaired) electrons.